The molecule has 1 aliphatic heterocycles. The van der Waals surface area contributed by atoms with Crippen molar-refractivity contribution in [2.24, 2.45) is 5.92 Å². The number of aliphatic hydroxyl groups is 1. The number of hydrogen-bond acceptors (Lipinski definition) is 3. The summed E-state index contributed by atoms with van der Waals surface area (Å²) in [5, 5.41) is 13.7. The van der Waals surface area contributed by atoms with Crippen molar-refractivity contribution in [3.05, 3.63) is 24.3 Å². The highest BCUT2D eigenvalue weighted by Gasteiger charge is 2.33. The molecule has 1 aliphatic carbocycles. The number of likely N-dealkylation sites (tertiary alicyclic amines) is 1. The van der Waals surface area contributed by atoms with Gasteiger partial charge in [0.15, 0.2) is 0 Å². The number of hydrogen-bond donors (Lipinski definition) is 2. The molecule has 1 aromatic carbocycles. The van der Waals surface area contributed by atoms with Crippen LogP contribution >= 0.6 is 0 Å². The third-order valence-corrected chi connectivity index (χ3v) is 6.11. The Balaban J connectivity index is 1.49. The summed E-state index contributed by atoms with van der Waals surface area (Å²) in [6.45, 7) is 5.55. The summed E-state index contributed by atoms with van der Waals surface area (Å²) in [5.74, 6) is 1.42. The van der Waals surface area contributed by atoms with Gasteiger partial charge in [-0.15, -0.1) is 0 Å². The van der Waals surface area contributed by atoms with E-state index in [1.54, 1.807) is 4.90 Å². The summed E-state index contributed by atoms with van der Waals surface area (Å²) >= 11 is 0. The molecule has 5 heteroatoms. The second kappa shape index (κ2) is 9.64. The number of amides is 2. The lowest BCUT2D eigenvalue weighted by Gasteiger charge is -2.38. The van der Waals surface area contributed by atoms with Gasteiger partial charge in [-0.3, -0.25) is 0 Å². The lowest BCUT2D eigenvalue weighted by Crippen LogP contribution is -2.48. The Bertz CT molecular complexity index is 632. The van der Waals surface area contributed by atoms with Crippen LogP contribution < -0.4 is 10.1 Å². The van der Waals surface area contributed by atoms with Crippen LogP contribution in [-0.2, 0) is 0 Å². The fraction of sp³-hybridized carbons (Fsp3) is 0.696. The lowest BCUT2D eigenvalue weighted by atomic mass is 9.85. The fourth-order valence-corrected chi connectivity index (χ4v) is 4.16. The maximum absolute atomic E-state index is 12.6. The van der Waals surface area contributed by atoms with E-state index in [4.69, 9.17) is 4.74 Å². The van der Waals surface area contributed by atoms with E-state index >= 15 is 0 Å². The first-order valence-corrected chi connectivity index (χ1v) is 11.0. The van der Waals surface area contributed by atoms with Crippen molar-refractivity contribution < 1.29 is 14.6 Å². The molecule has 2 fully saturated rings. The van der Waals surface area contributed by atoms with Crippen molar-refractivity contribution in [1.82, 2.24) is 4.90 Å². The first-order valence-electron chi connectivity index (χ1n) is 11.0. The molecule has 1 saturated heterocycles. The van der Waals surface area contributed by atoms with Gasteiger partial charge < -0.3 is 20.1 Å². The highest BCUT2D eigenvalue weighted by molar-refractivity contribution is 5.89. The monoisotopic (exact) mass is 388 g/mol. The highest BCUT2D eigenvalue weighted by Crippen LogP contribution is 2.29. The number of anilines is 1. The molecule has 2 N–H and O–H groups in total. The maximum atomic E-state index is 12.6. The molecule has 0 bridgehead atoms. The standard InChI is InChI=1S/C23H36N2O3/c1-18(2)11-12-23(27)13-15-25(16-14-23)22(26)24-19-7-6-10-21(17-19)28-20-8-4-3-5-9-20/h6-7,10,17-18,20,27H,3-5,8-9,11-16H2,1-2H3,(H,24,26). The first-order chi connectivity index (χ1) is 13.4. The highest BCUT2D eigenvalue weighted by atomic mass is 16.5. The molecular formula is C23H36N2O3. The smallest absolute Gasteiger partial charge is 0.321 e. The summed E-state index contributed by atoms with van der Waals surface area (Å²) < 4.78 is 6.10. The van der Waals surface area contributed by atoms with Crippen LogP contribution in [0.15, 0.2) is 24.3 Å². The van der Waals surface area contributed by atoms with E-state index in [0.717, 1.165) is 37.1 Å². The van der Waals surface area contributed by atoms with Gasteiger partial charge in [0.25, 0.3) is 0 Å². The van der Waals surface area contributed by atoms with Gasteiger partial charge in [-0.25, -0.2) is 4.79 Å². The van der Waals surface area contributed by atoms with Gasteiger partial charge in [0.1, 0.15) is 5.75 Å². The zero-order valence-corrected chi connectivity index (χ0v) is 17.5. The maximum Gasteiger partial charge on any atom is 0.321 e. The number of carbonyl (C=O) groups excluding carboxylic acids is 1. The number of rotatable bonds is 6. The Morgan fingerprint density at radius 2 is 1.96 bits per heavy atom. The summed E-state index contributed by atoms with van der Waals surface area (Å²) in [7, 11) is 0. The van der Waals surface area contributed by atoms with Gasteiger partial charge in [0, 0.05) is 24.8 Å². The minimum absolute atomic E-state index is 0.0966. The van der Waals surface area contributed by atoms with Crippen LogP contribution in [0.2, 0.25) is 0 Å². The average Bonchev–Trinajstić information content (AvgIpc) is 2.68. The van der Waals surface area contributed by atoms with Crippen LogP contribution in [0.1, 0.15) is 71.6 Å². The van der Waals surface area contributed by atoms with Crippen molar-refractivity contribution in [1.29, 1.82) is 0 Å². The number of nitrogens with one attached hydrogen (secondary N) is 1. The largest absolute Gasteiger partial charge is 0.490 e. The van der Waals surface area contributed by atoms with E-state index in [1.807, 2.05) is 24.3 Å². The molecule has 0 radical (unpaired) electrons. The normalized spacial score (nSPS) is 20.2. The van der Waals surface area contributed by atoms with Crippen molar-refractivity contribution in [3.63, 3.8) is 0 Å². The van der Waals surface area contributed by atoms with E-state index in [-0.39, 0.29) is 6.03 Å². The summed E-state index contributed by atoms with van der Waals surface area (Å²) in [6, 6.07) is 7.60. The third-order valence-electron chi connectivity index (χ3n) is 6.11. The molecule has 1 aromatic rings. The van der Waals surface area contributed by atoms with E-state index < -0.39 is 5.60 Å². The van der Waals surface area contributed by atoms with Crippen LogP contribution in [0, 0.1) is 5.92 Å². The van der Waals surface area contributed by atoms with E-state index in [0.29, 0.717) is 38.0 Å². The van der Waals surface area contributed by atoms with E-state index in [1.165, 1.54) is 19.3 Å². The van der Waals surface area contributed by atoms with Gasteiger partial charge in [-0.1, -0.05) is 26.3 Å². The van der Waals surface area contributed by atoms with Crippen LogP contribution in [0.25, 0.3) is 0 Å². The molecule has 2 amide bonds. The van der Waals surface area contributed by atoms with Crippen LogP contribution in [0.4, 0.5) is 10.5 Å². The molecule has 0 aromatic heterocycles. The Morgan fingerprint density at radius 3 is 2.64 bits per heavy atom. The number of urea groups is 1. The second-order valence-corrected chi connectivity index (χ2v) is 8.98. The Hall–Kier alpha value is -1.75. The Morgan fingerprint density at radius 1 is 1.25 bits per heavy atom. The van der Waals surface area contributed by atoms with Gasteiger partial charge >= 0.3 is 6.03 Å². The number of nitrogens with zero attached hydrogens (tertiary/aromatic N) is 1. The SMILES string of the molecule is CC(C)CCC1(O)CCN(C(=O)Nc2cccc(OC3CCCCC3)c2)CC1. The van der Waals surface area contributed by atoms with Gasteiger partial charge in [-0.2, -0.15) is 0 Å². The molecule has 28 heavy (non-hydrogen) atoms. The molecule has 156 valence electrons. The summed E-state index contributed by atoms with van der Waals surface area (Å²) in [5.41, 5.74) is 0.147. The van der Waals surface area contributed by atoms with Gasteiger partial charge in [-0.05, 0) is 69.4 Å². The quantitative estimate of drug-likeness (QED) is 0.705. The van der Waals surface area contributed by atoms with E-state index in [9.17, 15) is 9.90 Å². The van der Waals surface area contributed by atoms with Gasteiger partial charge in [0.05, 0.1) is 11.7 Å². The zero-order chi connectivity index (χ0) is 20.0. The topological polar surface area (TPSA) is 61.8 Å². The number of benzene rings is 1. The first kappa shape index (κ1) is 21.0. The third kappa shape index (κ3) is 6.13. The number of piperidine rings is 1. The molecule has 1 saturated carbocycles. The lowest BCUT2D eigenvalue weighted by molar-refractivity contribution is -0.0215. The summed E-state index contributed by atoms with van der Waals surface area (Å²) in [6.07, 6.45) is 9.45. The van der Waals surface area contributed by atoms with E-state index in [2.05, 4.69) is 19.2 Å². The predicted octanol–water partition coefficient (Wildman–Crippen LogP) is 5.19. The molecule has 2 aliphatic rings. The molecule has 3 rings (SSSR count). The van der Waals surface area contributed by atoms with Crippen molar-refractivity contribution in [3.8, 4) is 5.75 Å². The van der Waals surface area contributed by atoms with Crippen LogP contribution in [-0.4, -0.2) is 40.8 Å². The Kier molecular flexibility index (Phi) is 7.22. The Labute approximate surface area is 169 Å². The number of carbonyl (C=O) groups is 1. The molecular weight excluding hydrogens is 352 g/mol. The van der Waals surface area contributed by atoms with Crippen molar-refractivity contribution in [2.45, 2.75) is 83.3 Å². The van der Waals surface area contributed by atoms with Crippen LogP contribution in [0.5, 0.6) is 5.75 Å². The zero-order valence-electron chi connectivity index (χ0n) is 17.5. The van der Waals surface area contributed by atoms with Gasteiger partial charge in [0.2, 0.25) is 0 Å². The minimum atomic E-state index is -0.616. The summed E-state index contributed by atoms with van der Waals surface area (Å²) in [4.78, 5) is 14.4. The molecule has 5 nitrogen and oxygen atoms in total. The fourth-order valence-electron chi connectivity index (χ4n) is 4.16. The molecule has 0 atom stereocenters. The van der Waals surface area contributed by atoms with Crippen LogP contribution in [0.3, 0.4) is 0 Å². The molecule has 0 unspecified atom stereocenters. The molecule has 1 heterocycles. The average molecular weight is 389 g/mol. The minimum Gasteiger partial charge on any atom is -0.490 e. The van der Waals surface area contributed by atoms with Crippen molar-refractivity contribution in [2.75, 3.05) is 18.4 Å². The number of ether oxygens (including phenoxy) is 1. The predicted molar refractivity (Wildman–Crippen MR) is 113 cm³/mol. The second-order valence-electron chi connectivity index (χ2n) is 8.98. The van der Waals surface area contributed by atoms with Crippen molar-refractivity contribution >= 4 is 11.7 Å². The molecule has 0 spiro atoms.